The fourth-order valence-electron chi connectivity index (χ4n) is 9.00. The summed E-state index contributed by atoms with van der Waals surface area (Å²) >= 11 is 0. The molecule has 0 rings (SSSR count). The second-order valence-corrected chi connectivity index (χ2v) is 25.0. The number of carbonyl (C=O) groups excluding carboxylic acids is 2. The fraction of sp³-hybridized carbons (Fsp3) is 0.632. The summed E-state index contributed by atoms with van der Waals surface area (Å²) in [5.41, 5.74) is 0. The zero-order valence-corrected chi connectivity index (χ0v) is 56.6. The molecule has 0 fully saturated rings. The molecular weight excluding hydrogens is 1080 g/mol. The van der Waals surface area contributed by atoms with Crippen molar-refractivity contribution < 1.29 is 37.3 Å². The number of hydrogen-bond donors (Lipinski definition) is 2. The Morgan fingerprint density at radius 1 is 0.419 bits per heavy atom. The summed E-state index contributed by atoms with van der Waals surface area (Å²) in [5.74, 6) is -0.562. The van der Waals surface area contributed by atoms with Gasteiger partial charge in [-0.25, -0.2) is 4.57 Å². The van der Waals surface area contributed by atoms with Crippen molar-refractivity contribution in [2.75, 3.05) is 40.9 Å². The van der Waals surface area contributed by atoms with Gasteiger partial charge in [-0.2, -0.15) is 0 Å². The predicted octanol–water partition coefficient (Wildman–Crippen LogP) is 21.9. The van der Waals surface area contributed by atoms with Gasteiger partial charge in [-0.1, -0.05) is 269 Å². The van der Waals surface area contributed by atoms with E-state index >= 15 is 0 Å². The molecule has 0 aliphatic rings. The molecule has 0 saturated heterocycles. The normalized spacial score (nSPS) is 14.5. The highest BCUT2D eigenvalue weighted by Gasteiger charge is 2.30. The van der Waals surface area contributed by atoms with Crippen LogP contribution < -0.4 is 5.32 Å². The van der Waals surface area contributed by atoms with Gasteiger partial charge in [0.05, 0.1) is 33.8 Å². The summed E-state index contributed by atoms with van der Waals surface area (Å²) in [6, 6.07) is -0.881. The number of hydrogen-bond acceptors (Lipinski definition) is 6. The molecule has 0 spiro atoms. The first-order chi connectivity index (χ1) is 41.9. The molecule has 1 amide bonds. The van der Waals surface area contributed by atoms with Gasteiger partial charge in [0.15, 0.2) is 0 Å². The first-order valence-corrected chi connectivity index (χ1v) is 35.8. The van der Waals surface area contributed by atoms with Crippen molar-refractivity contribution in [2.45, 2.75) is 270 Å². The summed E-state index contributed by atoms with van der Waals surface area (Å²) < 4.78 is 30.8. The van der Waals surface area contributed by atoms with Crippen molar-refractivity contribution in [1.29, 1.82) is 0 Å². The zero-order chi connectivity index (χ0) is 62.8. The highest BCUT2D eigenvalue weighted by Crippen LogP contribution is 2.43. The molecule has 0 radical (unpaired) electrons. The van der Waals surface area contributed by atoms with E-state index in [2.05, 4.69) is 172 Å². The number of ether oxygens (including phenoxy) is 1. The second-order valence-electron chi connectivity index (χ2n) is 23.6. The lowest BCUT2D eigenvalue weighted by Crippen LogP contribution is -2.47. The molecule has 3 atom stereocenters. The third-order valence-corrected chi connectivity index (χ3v) is 15.2. The molecule has 3 unspecified atom stereocenters. The third-order valence-electron chi connectivity index (χ3n) is 14.2. The van der Waals surface area contributed by atoms with Crippen LogP contribution >= 0.6 is 7.82 Å². The predicted molar refractivity (Wildman–Crippen MR) is 373 cm³/mol. The molecule has 0 saturated carbocycles. The molecule has 10 heteroatoms. The van der Waals surface area contributed by atoms with Gasteiger partial charge in [0, 0.05) is 12.8 Å². The first-order valence-electron chi connectivity index (χ1n) is 34.3. The summed E-state index contributed by atoms with van der Waals surface area (Å²) in [4.78, 5) is 37.9. The van der Waals surface area contributed by atoms with Crippen molar-refractivity contribution >= 4 is 19.7 Å². The molecule has 0 aromatic rings. The van der Waals surface area contributed by atoms with E-state index in [9.17, 15) is 19.0 Å². The minimum atomic E-state index is -4.48. The van der Waals surface area contributed by atoms with E-state index in [1.807, 2.05) is 33.3 Å². The van der Waals surface area contributed by atoms with Crippen LogP contribution in [0.25, 0.3) is 0 Å². The van der Waals surface area contributed by atoms with Crippen LogP contribution in [-0.2, 0) is 27.9 Å². The first kappa shape index (κ1) is 81.6. The van der Waals surface area contributed by atoms with Crippen LogP contribution in [0, 0.1) is 0 Å². The molecule has 0 aromatic heterocycles. The summed E-state index contributed by atoms with van der Waals surface area (Å²) in [5, 5.41) is 3.05. The maximum Gasteiger partial charge on any atom is 0.472 e. The van der Waals surface area contributed by atoms with Crippen LogP contribution in [0.5, 0.6) is 0 Å². The lowest BCUT2D eigenvalue weighted by atomic mass is 10.0. The van der Waals surface area contributed by atoms with Crippen molar-refractivity contribution in [1.82, 2.24) is 5.32 Å². The average Bonchev–Trinajstić information content (AvgIpc) is 3.69. The number of nitrogens with zero attached hydrogens (tertiary/aromatic N) is 1. The van der Waals surface area contributed by atoms with E-state index in [1.54, 1.807) is 0 Å². The van der Waals surface area contributed by atoms with Crippen molar-refractivity contribution in [3.63, 3.8) is 0 Å². The Kier molecular flexibility index (Phi) is 60.4. The van der Waals surface area contributed by atoms with E-state index in [-0.39, 0.29) is 31.5 Å². The highest BCUT2D eigenvalue weighted by molar-refractivity contribution is 7.47. The van der Waals surface area contributed by atoms with Crippen molar-refractivity contribution in [3.8, 4) is 0 Å². The number of carbonyl (C=O) groups is 2. The zero-order valence-electron chi connectivity index (χ0n) is 55.7. The van der Waals surface area contributed by atoms with Gasteiger partial charge in [0.25, 0.3) is 0 Å². The summed E-state index contributed by atoms with van der Waals surface area (Å²) in [7, 11) is 1.45. The molecule has 0 aliphatic heterocycles. The minimum absolute atomic E-state index is 0.0232. The standard InChI is InChI=1S/C76H127N2O7P/c1-7-10-13-16-19-22-25-28-30-32-34-36-38-39-41-42-44-46-48-50-53-56-59-62-65-68-75(79)77-73(72-84-86(81,82)83-71-70-78(4,5)6)74(67-64-61-58-55-52-27-24-21-18-15-12-9-3)85-76(80)69-66-63-60-57-54-51-49-47-45-43-40-37-35-33-31-29-26-23-20-17-14-11-8-2/h10-11,13-14,19-20,22-23,28-31,34-37,39,41,43-46,49,51,64,67,73-74H,7-9,12,15-18,21,24-27,32-33,38,40,42,47-48,50,52-63,65-66,68-72H2,1-6H3,(H-,77,79,81,82)/p+1/b13-10-,14-11-,22-19-,23-20-,30-28-,31-29-,36-34-,37-35-,41-39-,45-43-,46-44-,51-49-,67-64+. The molecule has 0 heterocycles. The molecule has 0 bridgehead atoms. The van der Waals surface area contributed by atoms with E-state index < -0.39 is 20.0 Å². The highest BCUT2D eigenvalue weighted by atomic mass is 31.2. The largest absolute Gasteiger partial charge is 0.472 e. The summed E-state index contributed by atoms with van der Waals surface area (Å²) in [6.45, 7) is 6.74. The number of esters is 1. The Balaban J connectivity index is 5.24. The number of phosphoric acid groups is 1. The Morgan fingerprint density at radius 2 is 0.744 bits per heavy atom. The maximum atomic E-state index is 13.6. The molecule has 0 aromatic carbocycles. The van der Waals surface area contributed by atoms with Crippen LogP contribution in [-0.4, -0.2) is 74.3 Å². The van der Waals surface area contributed by atoms with Gasteiger partial charge < -0.3 is 19.4 Å². The minimum Gasteiger partial charge on any atom is -0.456 e. The fourth-order valence-corrected chi connectivity index (χ4v) is 9.74. The quantitative estimate of drug-likeness (QED) is 0.0205. The number of rotatable bonds is 60. The lowest BCUT2D eigenvalue weighted by molar-refractivity contribution is -0.870. The third kappa shape index (κ3) is 64.1. The molecule has 0 aliphatic carbocycles. The Morgan fingerprint density at radius 3 is 1.12 bits per heavy atom. The van der Waals surface area contributed by atoms with E-state index in [0.717, 1.165) is 167 Å². The monoisotopic (exact) mass is 1210 g/mol. The van der Waals surface area contributed by atoms with Crippen LogP contribution in [0.1, 0.15) is 258 Å². The average molecular weight is 1210 g/mol. The van der Waals surface area contributed by atoms with Crippen LogP contribution in [0.15, 0.2) is 158 Å². The summed E-state index contributed by atoms with van der Waals surface area (Å²) in [6.07, 6.45) is 93.9. The van der Waals surface area contributed by atoms with Crippen molar-refractivity contribution in [3.05, 3.63) is 158 Å². The second kappa shape index (κ2) is 63.6. The number of nitrogens with one attached hydrogen (secondary N) is 1. The van der Waals surface area contributed by atoms with E-state index in [1.165, 1.54) is 51.4 Å². The van der Waals surface area contributed by atoms with Gasteiger partial charge in [-0.05, 0) is 134 Å². The van der Waals surface area contributed by atoms with Gasteiger partial charge in [0.1, 0.15) is 19.3 Å². The topological polar surface area (TPSA) is 111 Å². The number of likely N-dealkylation sites (N-methyl/N-ethyl adjacent to an activating group) is 1. The van der Waals surface area contributed by atoms with Crippen LogP contribution in [0.3, 0.4) is 0 Å². The molecule has 488 valence electrons. The van der Waals surface area contributed by atoms with Gasteiger partial charge in [0.2, 0.25) is 5.91 Å². The lowest BCUT2D eigenvalue weighted by Gasteiger charge is -2.27. The number of unbranched alkanes of at least 4 members (excludes halogenated alkanes) is 20. The van der Waals surface area contributed by atoms with Crippen LogP contribution in [0.4, 0.5) is 0 Å². The Bertz CT molecular complexity index is 2030. The number of quaternary nitrogens is 1. The van der Waals surface area contributed by atoms with Crippen LogP contribution in [0.2, 0.25) is 0 Å². The van der Waals surface area contributed by atoms with Gasteiger partial charge in [-0.3, -0.25) is 18.6 Å². The smallest absolute Gasteiger partial charge is 0.456 e. The van der Waals surface area contributed by atoms with Gasteiger partial charge >= 0.3 is 13.8 Å². The molecule has 9 nitrogen and oxygen atoms in total. The molecular formula is C76H128N2O7P+. The molecule has 2 N–H and O–H groups in total. The number of phosphoric ester groups is 1. The van der Waals surface area contributed by atoms with E-state index in [4.69, 9.17) is 13.8 Å². The number of amides is 1. The Hall–Kier alpha value is -4.37. The van der Waals surface area contributed by atoms with Gasteiger partial charge in [-0.15, -0.1) is 0 Å². The van der Waals surface area contributed by atoms with Crippen molar-refractivity contribution in [2.24, 2.45) is 0 Å². The number of allylic oxidation sites excluding steroid dienone is 25. The maximum absolute atomic E-state index is 13.6. The SMILES string of the molecule is CC/C=C\C/C=C\C/C=C\C/C=C\C/C=C\C/C=C\CCCCCCCCC(=O)NC(COP(=O)(O)OCC[N+](C)(C)C)C(/C=C/CCCCCCCCCCCC)OC(=O)CCCCCC/C=C\C/C=C\C/C=C\C/C=C\C/C=C\C/C=C\CC. The molecule has 86 heavy (non-hydrogen) atoms. The Labute approximate surface area is 529 Å². The van der Waals surface area contributed by atoms with E-state index in [0.29, 0.717) is 23.9 Å².